The quantitative estimate of drug-likeness (QED) is 0.230. The predicted molar refractivity (Wildman–Crippen MR) is 98.3 cm³/mol. The first-order valence-electron chi connectivity index (χ1n) is 7.23. The number of ketones is 1. The molecule has 26 heavy (non-hydrogen) atoms. The highest BCUT2D eigenvalue weighted by Gasteiger charge is 2.17. The zero-order valence-corrected chi connectivity index (χ0v) is 15.4. The summed E-state index contributed by atoms with van der Waals surface area (Å²) in [5.74, 6) is 0.317. The Morgan fingerprint density at radius 3 is 2.50 bits per heavy atom. The number of allylic oxidation sites excluding steroid dienone is 1. The second-order valence-electron chi connectivity index (χ2n) is 5.04. The maximum atomic E-state index is 12.6. The lowest BCUT2D eigenvalue weighted by atomic mass is 10.0. The number of carbonyl (C=O) groups excluding carboxylic acids is 1. The van der Waals surface area contributed by atoms with Crippen LogP contribution in [0.25, 0.3) is 6.08 Å². The molecule has 0 aliphatic heterocycles. The molecule has 0 aromatic heterocycles. The van der Waals surface area contributed by atoms with Crippen molar-refractivity contribution in [1.82, 2.24) is 0 Å². The normalized spacial score (nSPS) is 10.8. The average molecular weight is 417 g/mol. The Labute approximate surface area is 157 Å². The summed E-state index contributed by atoms with van der Waals surface area (Å²) in [7, 11) is 2.95. The van der Waals surface area contributed by atoms with Gasteiger partial charge in [0.25, 0.3) is 5.69 Å². The van der Waals surface area contributed by atoms with E-state index in [9.17, 15) is 20.2 Å². The van der Waals surface area contributed by atoms with E-state index < -0.39 is 10.7 Å². The summed E-state index contributed by atoms with van der Waals surface area (Å²) in [4.78, 5) is 22.8. The lowest BCUT2D eigenvalue weighted by Gasteiger charge is -2.10. The third-order valence-electron chi connectivity index (χ3n) is 3.49. The summed E-state index contributed by atoms with van der Waals surface area (Å²) in [6, 6.07) is 10.3. The highest BCUT2D eigenvalue weighted by Crippen LogP contribution is 2.34. The van der Waals surface area contributed by atoms with E-state index in [0.29, 0.717) is 21.5 Å². The summed E-state index contributed by atoms with van der Waals surface area (Å²) in [5.41, 5.74) is 0.132. The third-order valence-corrected chi connectivity index (χ3v) is 4.11. The Kier molecular flexibility index (Phi) is 6.09. The van der Waals surface area contributed by atoms with Gasteiger partial charge in [0.15, 0.2) is 0 Å². The van der Waals surface area contributed by atoms with Gasteiger partial charge in [-0.3, -0.25) is 14.9 Å². The standard InChI is InChI=1S/C18H13BrN2O5/c1-25-16-9-17(26-2)15(19)8-12(16)6-13(10-20)18(22)11-4-3-5-14(7-11)21(23)24/h3-9H,1-2H3. The van der Waals surface area contributed by atoms with Crippen molar-refractivity contribution in [2.24, 2.45) is 0 Å². The second kappa shape index (κ2) is 8.27. The number of non-ortho nitro benzene ring substituents is 1. The van der Waals surface area contributed by atoms with Crippen molar-refractivity contribution in [2.75, 3.05) is 14.2 Å². The lowest BCUT2D eigenvalue weighted by molar-refractivity contribution is -0.384. The number of nitro groups is 1. The van der Waals surface area contributed by atoms with Crippen LogP contribution < -0.4 is 9.47 Å². The van der Waals surface area contributed by atoms with Gasteiger partial charge >= 0.3 is 0 Å². The summed E-state index contributed by atoms with van der Waals surface area (Å²) in [6.45, 7) is 0. The molecule has 2 aromatic carbocycles. The van der Waals surface area contributed by atoms with Gasteiger partial charge in [-0.1, -0.05) is 12.1 Å². The fourth-order valence-corrected chi connectivity index (χ4v) is 2.74. The molecule has 8 heteroatoms. The van der Waals surface area contributed by atoms with E-state index in [1.807, 2.05) is 6.07 Å². The molecule has 132 valence electrons. The van der Waals surface area contributed by atoms with Gasteiger partial charge in [0.1, 0.15) is 23.1 Å². The molecule has 0 bridgehead atoms. The van der Waals surface area contributed by atoms with Crippen LogP contribution in [-0.2, 0) is 0 Å². The average Bonchev–Trinajstić information content (AvgIpc) is 2.65. The van der Waals surface area contributed by atoms with Crippen molar-refractivity contribution in [3.63, 3.8) is 0 Å². The van der Waals surface area contributed by atoms with Crippen LogP contribution in [0, 0.1) is 21.4 Å². The van der Waals surface area contributed by atoms with Crippen LogP contribution in [0.4, 0.5) is 5.69 Å². The predicted octanol–water partition coefficient (Wildman–Crippen LogP) is 4.16. The van der Waals surface area contributed by atoms with Gasteiger partial charge in [0.05, 0.1) is 23.6 Å². The number of nitriles is 1. The molecule has 2 rings (SSSR count). The minimum Gasteiger partial charge on any atom is -0.496 e. The van der Waals surface area contributed by atoms with Gasteiger partial charge in [-0.15, -0.1) is 0 Å². The highest BCUT2D eigenvalue weighted by atomic mass is 79.9. The maximum absolute atomic E-state index is 12.6. The number of benzene rings is 2. The van der Waals surface area contributed by atoms with E-state index >= 15 is 0 Å². The number of hydrogen-bond acceptors (Lipinski definition) is 6. The Hall–Kier alpha value is -3.18. The van der Waals surface area contributed by atoms with Crippen molar-refractivity contribution in [1.29, 1.82) is 5.26 Å². The van der Waals surface area contributed by atoms with Crippen LogP contribution >= 0.6 is 15.9 Å². The first kappa shape index (κ1) is 19.1. The molecule has 0 spiro atoms. The van der Waals surface area contributed by atoms with E-state index in [-0.39, 0.29) is 16.8 Å². The molecule has 0 N–H and O–H groups in total. The minimum atomic E-state index is -0.620. The molecule has 0 amide bonds. The molecule has 0 aliphatic carbocycles. The van der Waals surface area contributed by atoms with Crippen LogP contribution in [0.3, 0.4) is 0 Å². The summed E-state index contributed by atoms with van der Waals surface area (Å²) in [6.07, 6.45) is 1.37. The Bertz CT molecular complexity index is 947. The third kappa shape index (κ3) is 4.07. The number of nitrogens with zero attached hydrogens (tertiary/aromatic N) is 2. The fraction of sp³-hybridized carbons (Fsp3) is 0.111. The Morgan fingerprint density at radius 2 is 1.92 bits per heavy atom. The number of hydrogen-bond donors (Lipinski definition) is 0. The number of carbonyl (C=O) groups is 1. The van der Waals surface area contributed by atoms with Crippen molar-refractivity contribution >= 4 is 33.5 Å². The van der Waals surface area contributed by atoms with Gasteiger partial charge < -0.3 is 9.47 Å². The van der Waals surface area contributed by atoms with E-state index in [4.69, 9.17) is 9.47 Å². The molecule has 0 fully saturated rings. The van der Waals surface area contributed by atoms with Crippen molar-refractivity contribution in [3.05, 3.63) is 67.7 Å². The van der Waals surface area contributed by atoms with E-state index in [0.717, 1.165) is 6.07 Å². The van der Waals surface area contributed by atoms with E-state index in [1.54, 1.807) is 12.1 Å². The number of methoxy groups -OCH3 is 2. The molecule has 0 unspecified atom stereocenters. The molecular weight excluding hydrogens is 404 g/mol. The van der Waals surface area contributed by atoms with E-state index in [1.165, 1.54) is 38.5 Å². The summed E-state index contributed by atoms with van der Waals surface area (Å²) < 4.78 is 11.1. The summed E-state index contributed by atoms with van der Waals surface area (Å²) in [5, 5.41) is 20.2. The molecule has 0 saturated heterocycles. The molecule has 0 atom stereocenters. The van der Waals surface area contributed by atoms with Gasteiger partial charge in [0, 0.05) is 29.3 Å². The first-order chi connectivity index (χ1) is 12.4. The maximum Gasteiger partial charge on any atom is 0.270 e. The SMILES string of the molecule is COc1cc(OC)c(C=C(C#N)C(=O)c2cccc([N+](=O)[O-])c2)cc1Br. The molecule has 7 nitrogen and oxygen atoms in total. The zero-order valence-electron chi connectivity index (χ0n) is 13.9. The Morgan fingerprint density at radius 1 is 1.23 bits per heavy atom. The minimum absolute atomic E-state index is 0.0542. The van der Waals surface area contributed by atoms with Crippen LogP contribution in [0.5, 0.6) is 11.5 Å². The molecule has 0 radical (unpaired) electrons. The Balaban J connectivity index is 2.50. The molecule has 2 aromatic rings. The van der Waals surface area contributed by atoms with Crippen LogP contribution in [0.1, 0.15) is 15.9 Å². The van der Waals surface area contributed by atoms with Gasteiger partial charge in [0.2, 0.25) is 5.78 Å². The second-order valence-corrected chi connectivity index (χ2v) is 5.89. The van der Waals surface area contributed by atoms with Crippen LogP contribution in [0.2, 0.25) is 0 Å². The number of Topliss-reactive ketones (excluding diaryl/α,β-unsaturated/α-hetero) is 1. The van der Waals surface area contributed by atoms with Crippen molar-refractivity contribution in [2.45, 2.75) is 0 Å². The van der Waals surface area contributed by atoms with Gasteiger partial charge in [-0.25, -0.2) is 0 Å². The lowest BCUT2D eigenvalue weighted by Crippen LogP contribution is -2.03. The van der Waals surface area contributed by atoms with Crippen molar-refractivity contribution in [3.8, 4) is 17.6 Å². The number of rotatable bonds is 6. The molecule has 0 heterocycles. The molecule has 0 saturated carbocycles. The number of nitro benzene ring substituents is 1. The zero-order chi connectivity index (χ0) is 19.3. The largest absolute Gasteiger partial charge is 0.496 e. The van der Waals surface area contributed by atoms with Crippen molar-refractivity contribution < 1.29 is 19.2 Å². The first-order valence-corrected chi connectivity index (χ1v) is 8.03. The van der Waals surface area contributed by atoms with Gasteiger partial charge in [-0.2, -0.15) is 5.26 Å². The number of ether oxygens (including phenoxy) is 2. The number of halogens is 1. The topological polar surface area (TPSA) is 102 Å². The monoisotopic (exact) mass is 416 g/mol. The van der Waals surface area contributed by atoms with Gasteiger partial charge in [-0.05, 0) is 28.1 Å². The van der Waals surface area contributed by atoms with Crippen LogP contribution in [-0.4, -0.2) is 24.9 Å². The molecule has 0 aliphatic rings. The fourth-order valence-electron chi connectivity index (χ4n) is 2.22. The molecular formula is C18H13BrN2O5. The van der Waals surface area contributed by atoms with Crippen LogP contribution in [0.15, 0.2) is 46.4 Å². The van der Waals surface area contributed by atoms with E-state index in [2.05, 4.69) is 15.9 Å². The smallest absolute Gasteiger partial charge is 0.270 e. The summed E-state index contributed by atoms with van der Waals surface area (Å²) >= 11 is 3.34. The highest BCUT2D eigenvalue weighted by molar-refractivity contribution is 9.10.